The minimum absolute atomic E-state index is 0.151. The minimum atomic E-state index is -0.169. The number of halogens is 1. The topological polar surface area (TPSA) is 69.1 Å². The van der Waals surface area contributed by atoms with Gasteiger partial charge in [-0.3, -0.25) is 5.10 Å². The minimum Gasteiger partial charge on any atom is -0.504 e. The van der Waals surface area contributed by atoms with Crippen LogP contribution in [0.3, 0.4) is 0 Å². The van der Waals surface area contributed by atoms with Crippen LogP contribution in [0, 0.1) is 0 Å². The van der Waals surface area contributed by atoms with Crippen molar-refractivity contribution in [2.45, 2.75) is 0 Å². The first-order valence-corrected chi connectivity index (χ1v) is 5.69. The van der Waals surface area contributed by atoms with Gasteiger partial charge in [-0.1, -0.05) is 11.6 Å². The van der Waals surface area contributed by atoms with Crippen LogP contribution in [-0.4, -0.2) is 20.4 Å². The first-order valence-electron chi connectivity index (χ1n) is 5.31. The van der Waals surface area contributed by atoms with E-state index in [1.165, 1.54) is 12.1 Å². The van der Waals surface area contributed by atoms with E-state index >= 15 is 0 Å². The molecule has 18 heavy (non-hydrogen) atoms. The molecule has 90 valence electrons. The second kappa shape index (κ2) is 3.92. The highest BCUT2D eigenvalue weighted by molar-refractivity contribution is 6.31. The quantitative estimate of drug-likeness (QED) is 0.588. The lowest BCUT2D eigenvalue weighted by Gasteiger charge is -2.01. The highest BCUT2D eigenvalue weighted by Crippen LogP contribution is 2.33. The van der Waals surface area contributed by atoms with Gasteiger partial charge in [-0.2, -0.15) is 5.10 Å². The Morgan fingerprint density at radius 3 is 2.61 bits per heavy atom. The molecule has 4 nitrogen and oxygen atoms in total. The van der Waals surface area contributed by atoms with Gasteiger partial charge in [-0.05, 0) is 36.4 Å². The van der Waals surface area contributed by atoms with Gasteiger partial charge in [0.15, 0.2) is 11.5 Å². The molecule has 0 aliphatic rings. The smallest absolute Gasteiger partial charge is 0.158 e. The molecular formula is C13H9ClN2O2. The number of aromatic nitrogens is 2. The summed E-state index contributed by atoms with van der Waals surface area (Å²) in [6, 6.07) is 10.0. The Balaban J connectivity index is 2.22. The van der Waals surface area contributed by atoms with Gasteiger partial charge in [0.1, 0.15) is 5.69 Å². The number of aromatic amines is 1. The molecule has 0 fully saturated rings. The Labute approximate surface area is 107 Å². The van der Waals surface area contributed by atoms with Gasteiger partial charge in [-0.25, -0.2) is 0 Å². The SMILES string of the molecule is Oc1ccc(-c2n[nH]c3cc(Cl)ccc23)cc1O. The van der Waals surface area contributed by atoms with E-state index in [4.69, 9.17) is 11.6 Å². The number of nitrogens with one attached hydrogen (secondary N) is 1. The molecule has 0 unspecified atom stereocenters. The second-order valence-corrected chi connectivity index (χ2v) is 4.40. The molecular weight excluding hydrogens is 252 g/mol. The van der Waals surface area contributed by atoms with E-state index in [-0.39, 0.29) is 11.5 Å². The van der Waals surface area contributed by atoms with Crippen LogP contribution in [0.5, 0.6) is 11.5 Å². The average Bonchev–Trinajstić information content (AvgIpc) is 2.75. The molecule has 2 aromatic carbocycles. The molecule has 5 heteroatoms. The number of rotatable bonds is 1. The number of phenols is 2. The summed E-state index contributed by atoms with van der Waals surface area (Å²) in [5.74, 6) is -0.320. The van der Waals surface area contributed by atoms with Crippen LogP contribution >= 0.6 is 11.6 Å². The van der Waals surface area contributed by atoms with Gasteiger partial charge in [0, 0.05) is 16.0 Å². The molecule has 0 spiro atoms. The maximum atomic E-state index is 9.51. The number of H-pyrrole nitrogens is 1. The van der Waals surface area contributed by atoms with Crippen LogP contribution in [0.1, 0.15) is 0 Å². The Morgan fingerprint density at radius 1 is 1.00 bits per heavy atom. The summed E-state index contributed by atoms with van der Waals surface area (Å²) in [6.45, 7) is 0. The van der Waals surface area contributed by atoms with Crippen molar-refractivity contribution in [2.24, 2.45) is 0 Å². The third kappa shape index (κ3) is 1.67. The molecule has 3 rings (SSSR count). The van der Waals surface area contributed by atoms with Crippen LogP contribution in [0.2, 0.25) is 5.02 Å². The van der Waals surface area contributed by atoms with Crippen molar-refractivity contribution in [3.63, 3.8) is 0 Å². The zero-order valence-corrected chi connectivity index (χ0v) is 9.94. The monoisotopic (exact) mass is 260 g/mol. The van der Waals surface area contributed by atoms with E-state index in [0.717, 1.165) is 16.5 Å². The van der Waals surface area contributed by atoms with E-state index in [9.17, 15) is 10.2 Å². The molecule has 0 saturated heterocycles. The van der Waals surface area contributed by atoms with Crippen molar-refractivity contribution in [1.29, 1.82) is 0 Å². The Kier molecular flexibility index (Phi) is 2.38. The van der Waals surface area contributed by atoms with Gasteiger partial charge in [0.05, 0.1) is 5.52 Å². The predicted molar refractivity (Wildman–Crippen MR) is 69.9 cm³/mol. The highest BCUT2D eigenvalue weighted by atomic mass is 35.5. The third-order valence-corrected chi connectivity index (χ3v) is 3.01. The lowest BCUT2D eigenvalue weighted by molar-refractivity contribution is 0.404. The molecule has 3 aromatic rings. The van der Waals surface area contributed by atoms with Crippen LogP contribution < -0.4 is 0 Å². The van der Waals surface area contributed by atoms with Crippen molar-refractivity contribution in [3.05, 3.63) is 41.4 Å². The number of benzene rings is 2. The van der Waals surface area contributed by atoms with Crippen molar-refractivity contribution in [1.82, 2.24) is 10.2 Å². The summed E-state index contributed by atoms with van der Waals surface area (Å²) in [5.41, 5.74) is 2.25. The Bertz CT molecular complexity index is 737. The maximum Gasteiger partial charge on any atom is 0.158 e. The molecule has 0 atom stereocenters. The predicted octanol–water partition coefficient (Wildman–Crippen LogP) is 3.29. The number of fused-ring (bicyclic) bond motifs is 1. The molecule has 0 aliphatic carbocycles. The first-order chi connectivity index (χ1) is 8.65. The number of hydrogen-bond acceptors (Lipinski definition) is 3. The summed E-state index contributed by atoms with van der Waals surface area (Å²) in [6.07, 6.45) is 0. The summed E-state index contributed by atoms with van der Waals surface area (Å²) in [7, 11) is 0. The van der Waals surface area contributed by atoms with Gasteiger partial charge < -0.3 is 10.2 Å². The van der Waals surface area contributed by atoms with E-state index in [1.807, 2.05) is 6.07 Å². The largest absolute Gasteiger partial charge is 0.504 e. The molecule has 0 radical (unpaired) electrons. The van der Waals surface area contributed by atoms with E-state index in [0.29, 0.717) is 10.7 Å². The molecule has 0 saturated carbocycles. The van der Waals surface area contributed by atoms with Crippen LogP contribution in [0.25, 0.3) is 22.2 Å². The molecule has 0 amide bonds. The van der Waals surface area contributed by atoms with Crippen LogP contribution in [0.15, 0.2) is 36.4 Å². The molecule has 0 bridgehead atoms. The van der Waals surface area contributed by atoms with Gasteiger partial charge >= 0.3 is 0 Å². The Hall–Kier alpha value is -2.20. The van der Waals surface area contributed by atoms with Crippen molar-refractivity contribution in [2.75, 3.05) is 0 Å². The fraction of sp³-hybridized carbons (Fsp3) is 0. The van der Waals surface area contributed by atoms with Gasteiger partial charge in [0.2, 0.25) is 0 Å². The molecule has 3 N–H and O–H groups in total. The zero-order valence-electron chi connectivity index (χ0n) is 9.18. The fourth-order valence-corrected chi connectivity index (χ4v) is 2.05. The van der Waals surface area contributed by atoms with Crippen LogP contribution in [0.4, 0.5) is 0 Å². The zero-order chi connectivity index (χ0) is 12.7. The third-order valence-electron chi connectivity index (χ3n) is 2.77. The van der Waals surface area contributed by atoms with E-state index < -0.39 is 0 Å². The van der Waals surface area contributed by atoms with Crippen molar-refractivity contribution >= 4 is 22.5 Å². The van der Waals surface area contributed by atoms with E-state index in [1.54, 1.807) is 18.2 Å². The van der Waals surface area contributed by atoms with Crippen molar-refractivity contribution < 1.29 is 10.2 Å². The number of phenolic OH excluding ortho intramolecular Hbond substituents is 2. The number of aromatic hydroxyl groups is 2. The molecule has 0 aliphatic heterocycles. The summed E-state index contributed by atoms with van der Waals surface area (Å²) >= 11 is 5.90. The van der Waals surface area contributed by atoms with Crippen molar-refractivity contribution in [3.8, 4) is 22.8 Å². The normalized spacial score (nSPS) is 10.9. The molecule has 1 heterocycles. The van der Waals surface area contributed by atoms with Gasteiger partial charge in [-0.15, -0.1) is 0 Å². The second-order valence-electron chi connectivity index (χ2n) is 3.97. The standard InChI is InChI=1S/C13H9ClN2O2/c14-8-2-3-9-10(6-8)15-16-13(9)7-1-4-11(17)12(18)5-7/h1-6,17-18H,(H,15,16). The van der Waals surface area contributed by atoms with Gasteiger partial charge in [0.25, 0.3) is 0 Å². The summed E-state index contributed by atoms with van der Waals surface area (Å²) < 4.78 is 0. The highest BCUT2D eigenvalue weighted by Gasteiger charge is 2.10. The lowest BCUT2D eigenvalue weighted by atomic mass is 10.1. The number of nitrogens with zero attached hydrogens (tertiary/aromatic N) is 1. The van der Waals surface area contributed by atoms with E-state index in [2.05, 4.69) is 10.2 Å². The number of hydrogen-bond donors (Lipinski definition) is 3. The lowest BCUT2D eigenvalue weighted by Crippen LogP contribution is -1.79. The Morgan fingerprint density at radius 2 is 1.83 bits per heavy atom. The average molecular weight is 261 g/mol. The fourth-order valence-electron chi connectivity index (χ4n) is 1.88. The summed E-state index contributed by atoms with van der Waals surface area (Å²) in [5, 5.41) is 27.4. The first kappa shape index (κ1) is 10.9. The maximum absolute atomic E-state index is 9.51. The summed E-state index contributed by atoms with van der Waals surface area (Å²) in [4.78, 5) is 0. The molecule has 1 aromatic heterocycles. The van der Waals surface area contributed by atoms with Crippen LogP contribution in [-0.2, 0) is 0 Å².